The van der Waals surface area contributed by atoms with E-state index in [1.807, 2.05) is 24.3 Å². The van der Waals surface area contributed by atoms with E-state index >= 15 is 0 Å². The van der Waals surface area contributed by atoms with Gasteiger partial charge in [-0.15, -0.1) is 0 Å². The van der Waals surface area contributed by atoms with Crippen molar-refractivity contribution in [2.75, 3.05) is 39.5 Å². The molecule has 3 rings (SSSR count). The van der Waals surface area contributed by atoms with E-state index in [1.165, 1.54) is 0 Å². The highest BCUT2D eigenvalue weighted by Crippen LogP contribution is 2.18. The first-order chi connectivity index (χ1) is 13.2. The van der Waals surface area contributed by atoms with Gasteiger partial charge in [-0.25, -0.2) is 4.79 Å². The number of amides is 2. The van der Waals surface area contributed by atoms with Crippen molar-refractivity contribution < 1.29 is 19.4 Å². The first kappa shape index (κ1) is 19.9. The molecule has 7 heteroatoms. The van der Waals surface area contributed by atoms with E-state index in [4.69, 9.17) is 9.47 Å². The van der Waals surface area contributed by atoms with Crippen LogP contribution in [0, 0.1) is 0 Å². The molecule has 1 saturated heterocycles. The number of carbonyl (C=O) groups is 1. The van der Waals surface area contributed by atoms with Gasteiger partial charge in [0, 0.05) is 32.2 Å². The van der Waals surface area contributed by atoms with Crippen LogP contribution in [0.3, 0.4) is 0 Å². The van der Waals surface area contributed by atoms with Gasteiger partial charge in [0.25, 0.3) is 0 Å². The Labute approximate surface area is 161 Å². The van der Waals surface area contributed by atoms with Crippen LogP contribution in [-0.4, -0.2) is 67.6 Å². The van der Waals surface area contributed by atoms with Crippen LogP contribution in [0.5, 0.6) is 5.75 Å². The van der Waals surface area contributed by atoms with Crippen LogP contribution in [0.1, 0.15) is 31.2 Å². The third kappa shape index (κ3) is 7.01. The Hall–Kier alpha value is -1.83. The number of rotatable bonds is 7. The molecule has 2 amide bonds. The Morgan fingerprint density at radius 2 is 2.00 bits per heavy atom. The minimum Gasteiger partial charge on any atom is -0.492 e. The monoisotopic (exact) mass is 377 g/mol. The summed E-state index contributed by atoms with van der Waals surface area (Å²) in [6.07, 6.45) is 2.98. The van der Waals surface area contributed by atoms with Crippen molar-refractivity contribution >= 4 is 6.03 Å². The van der Waals surface area contributed by atoms with Gasteiger partial charge in [-0.1, -0.05) is 12.1 Å². The quantitative estimate of drug-likeness (QED) is 0.671. The van der Waals surface area contributed by atoms with E-state index in [2.05, 4.69) is 15.5 Å². The van der Waals surface area contributed by atoms with Crippen molar-refractivity contribution in [1.29, 1.82) is 0 Å². The maximum absolute atomic E-state index is 12.1. The largest absolute Gasteiger partial charge is 0.492 e. The first-order valence-corrected chi connectivity index (χ1v) is 9.93. The highest BCUT2D eigenvalue weighted by atomic mass is 16.5. The molecule has 0 radical (unpaired) electrons. The molecule has 150 valence electrons. The molecule has 7 nitrogen and oxygen atoms in total. The predicted molar refractivity (Wildman–Crippen MR) is 103 cm³/mol. The van der Waals surface area contributed by atoms with E-state index in [0.29, 0.717) is 13.2 Å². The summed E-state index contributed by atoms with van der Waals surface area (Å²) in [5.74, 6) is 0.823. The number of carbonyl (C=O) groups excluding carboxylic acids is 1. The predicted octanol–water partition coefficient (Wildman–Crippen LogP) is 1.50. The number of urea groups is 1. The molecule has 0 spiro atoms. The normalized spacial score (nSPS) is 23.6. The number of benzene rings is 1. The maximum Gasteiger partial charge on any atom is 0.315 e. The molecular formula is C20H31N3O4. The fourth-order valence-corrected chi connectivity index (χ4v) is 3.50. The Morgan fingerprint density at radius 3 is 2.78 bits per heavy atom. The number of nitrogens with zero attached hydrogens (tertiary/aromatic N) is 1. The second-order valence-corrected chi connectivity index (χ2v) is 7.28. The summed E-state index contributed by atoms with van der Waals surface area (Å²) in [7, 11) is 0. The molecule has 3 N–H and O–H groups in total. The molecule has 1 aliphatic carbocycles. The third-order valence-corrected chi connectivity index (χ3v) is 5.16. The average Bonchev–Trinajstić information content (AvgIpc) is 2.69. The molecule has 0 bridgehead atoms. The van der Waals surface area contributed by atoms with Crippen LogP contribution in [0.15, 0.2) is 24.3 Å². The van der Waals surface area contributed by atoms with Gasteiger partial charge >= 0.3 is 6.03 Å². The minimum atomic E-state index is -0.211. The number of nitrogens with one attached hydrogen (secondary N) is 2. The van der Waals surface area contributed by atoms with Gasteiger partial charge in [0.1, 0.15) is 12.4 Å². The van der Waals surface area contributed by atoms with Gasteiger partial charge in [0.2, 0.25) is 0 Å². The van der Waals surface area contributed by atoms with Gasteiger partial charge in [-0.3, -0.25) is 4.90 Å². The summed E-state index contributed by atoms with van der Waals surface area (Å²) in [4.78, 5) is 14.4. The SMILES string of the molecule is O=C(NCc1cccc(OCCN2CCOCC2)c1)NC1CCC(O)CC1. The molecule has 1 aliphatic heterocycles. The smallest absolute Gasteiger partial charge is 0.315 e. The van der Waals surface area contributed by atoms with Crippen LogP contribution < -0.4 is 15.4 Å². The topological polar surface area (TPSA) is 83.1 Å². The van der Waals surface area contributed by atoms with Crippen molar-refractivity contribution in [3.05, 3.63) is 29.8 Å². The summed E-state index contributed by atoms with van der Waals surface area (Å²) < 4.78 is 11.2. The van der Waals surface area contributed by atoms with Crippen LogP contribution in [0.2, 0.25) is 0 Å². The zero-order valence-electron chi connectivity index (χ0n) is 15.9. The fourth-order valence-electron chi connectivity index (χ4n) is 3.50. The van der Waals surface area contributed by atoms with E-state index in [0.717, 1.165) is 69.8 Å². The lowest BCUT2D eigenvalue weighted by molar-refractivity contribution is 0.0322. The number of hydrogen-bond donors (Lipinski definition) is 3. The van der Waals surface area contributed by atoms with E-state index in [-0.39, 0.29) is 18.2 Å². The van der Waals surface area contributed by atoms with E-state index < -0.39 is 0 Å². The second kappa shape index (κ2) is 10.5. The number of hydrogen-bond acceptors (Lipinski definition) is 5. The summed E-state index contributed by atoms with van der Waals surface area (Å²) in [5, 5.41) is 15.4. The van der Waals surface area contributed by atoms with Gasteiger partial charge < -0.3 is 25.2 Å². The van der Waals surface area contributed by atoms with Crippen LogP contribution >= 0.6 is 0 Å². The molecule has 27 heavy (non-hydrogen) atoms. The second-order valence-electron chi connectivity index (χ2n) is 7.28. The lowest BCUT2D eigenvalue weighted by Gasteiger charge is -2.26. The van der Waals surface area contributed by atoms with E-state index in [1.54, 1.807) is 0 Å². The Balaban J connectivity index is 1.36. The Kier molecular flexibility index (Phi) is 7.74. The number of aliphatic hydroxyl groups is 1. The van der Waals surface area contributed by atoms with Gasteiger partial charge in [0.15, 0.2) is 0 Å². The molecule has 1 saturated carbocycles. The standard InChI is InChI=1S/C20H31N3O4/c24-18-6-4-17(5-7-18)22-20(25)21-15-16-2-1-3-19(14-16)27-13-10-23-8-11-26-12-9-23/h1-3,14,17-18,24H,4-13,15H2,(H2,21,22,25). The minimum absolute atomic E-state index is 0.156. The van der Waals surface area contributed by atoms with Crippen molar-refractivity contribution in [2.24, 2.45) is 0 Å². The molecular weight excluding hydrogens is 346 g/mol. The van der Waals surface area contributed by atoms with Gasteiger partial charge in [0.05, 0.1) is 19.3 Å². The lowest BCUT2D eigenvalue weighted by Crippen LogP contribution is -2.43. The summed E-state index contributed by atoms with van der Waals surface area (Å²) >= 11 is 0. The molecule has 2 fully saturated rings. The number of ether oxygens (including phenoxy) is 2. The first-order valence-electron chi connectivity index (χ1n) is 9.93. The van der Waals surface area contributed by atoms with Gasteiger partial charge in [-0.05, 0) is 43.4 Å². The molecule has 1 aromatic carbocycles. The van der Waals surface area contributed by atoms with Crippen molar-refractivity contribution in [1.82, 2.24) is 15.5 Å². The lowest BCUT2D eigenvalue weighted by atomic mass is 9.93. The number of morpholine rings is 1. The summed E-state index contributed by atoms with van der Waals surface area (Å²) in [6, 6.07) is 7.83. The maximum atomic E-state index is 12.1. The summed E-state index contributed by atoms with van der Waals surface area (Å²) in [6.45, 7) is 5.51. The molecule has 1 aromatic rings. The molecule has 0 aromatic heterocycles. The average molecular weight is 377 g/mol. The third-order valence-electron chi connectivity index (χ3n) is 5.16. The molecule has 0 atom stereocenters. The zero-order chi connectivity index (χ0) is 18.9. The van der Waals surface area contributed by atoms with Crippen LogP contribution in [0.4, 0.5) is 4.79 Å². The zero-order valence-corrected chi connectivity index (χ0v) is 15.9. The van der Waals surface area contributed by atoms with Crippen LogP contribution in [-0.2, 0) is 11.3 Å². The van der Waals surface area contributed by atoms with E-state index in [9.17, 15) is 9.90 Å². The summed E-state index contributed by atoms with van der Waals surface area (Å²) in [5.41, 5.74) is 1.01. The Bertz CT molecular complexity index is 584. The molecule has 1 heterocycles. The van der Waals surface area contributed by atoms with Gasteiger partial charge in [-0.2, -0.15) is 0 Å². The fraction of sp³-hybridized carbons (Fsp3) is 0.650. The molecule has 2 aliphatic rings. The molecule has 0 unspecified atom stereocenters. The highest BCUT2D eigenvalue weighted by molar-refractivity contribution is 5.74. The number of aliphatic hydroxyl groups excluding tert-OH is 1. The van der Waals surface area contributed by atoms with Crippen molar-refractivity contribution in [2.45, 2.75) is 44.4 Å². The Morgan fingerprint density at radius 1 is 1.22 bits per heavy atom. The van der Waals surface area contributed by atoms with Crippen molar-refractivity contribution in [3.8, 4) is 5.75 Å². The van der Waals surface area contributed by atoms with Crippen LogP contribution in [0.25, 0.3) is 0 Å². The van der Waals surface area contributed by atoms with Crippen molar-refractivity contribution in [3.63, 3.8) is 0 Å². The highest BCUT2D eigenvalue weighted by Gasteiger charge is 2.20.